The van der Waals surface area contributed by atoms with Crippen LogP contribution in [0.3, 0.4) is 0 Å². The zero-order chi connectivity index (χ0) is 4.28. The minimum atomic E-state index is 0.186. The van der Waals surface area contributed by atoms with Gasteiger partial charge in [0.15, 0.2) is 0 Å². The van der Waals surface area contributed by atoms with Gasteiger partial charge in [-0.25, -0.2) is 0 Å². The van der Waals surface area contributed by atoms with Crippen LogP contribution in [0.4, 0.5) is 0 Å². The number of rotatable bonds is 1. The van der Waals surface area contributed by atoms with Crippen LogP contribution in [-0.4, -0.2) is 17.0 Å². The summed E-state index contributed by atoms with van der Waals surface area (Å²) in [5.41, 5.74) is 0. The molecule has 0 rings (SSSR count). The Morgan fingerprint density at radius 2 is 2.20 bits per heavy atom. The van der Waals surface area contributed by atoms with Crippen LogP contribution in [0.15, 0.2) is 10.2 Å². The van der Waals surface area contributed by atoms with E-state index in [0.717, 1.165) is 0 Å². The van der Waals surface area contributed by atoms with Crippen molar-refractivity contribution < 1.29 is 0 Å². The molecule has 0 spiro atoms. The molecule has 0 aromatic rings. The molecule has 0 aliphatic carbocycles. The van der Waals surface area contributed by atoms with Gasteiger partial charge < -0.3 is 0 Å². The number of hydrogen-bond donors (Lipinski definition) is 0. The fourth-order valence-corrected chi connectivity index (χ4v) is 0. The molecule has 2 heteroatoms. The van der Waals surface area contributed by atoms with Crippen LogP contribution in [0, 0.1) is 0 Å². The third-order valence-corrected chi connectivity index (χ3v) is 5.93. The van der Waals surface area contributed by atoms with Crippen molar-refractivity contribution in [2.24, 2.45) is 0 Å². The van der Waals surface area contributed by atoms with Gasteiger partial charge in [-0.15, -0.1) is 0 Å². The molecule has 0 radical (unpaired) electrons. The fourth-order valence-electron chi connectivity index (χ4n) is 0. The van der Waals surface area contributed by atoms with Crippen LogP contribution in [0.25, 0.3) is 0 Å². The van der Waals surface area contributed by atoms with Gasteiger partial charge in [0.05, 0.1) is 0 Å². The quantitative estimate of drug-likeness (QED) is 0.509. The van der Waals surface area contributed by atoms with Crippen LogP contribution in [-0.2, 0) is 0 Å². The van der Waals surface area contributed by atoms with E-state index in [4.69, 9.17) is 0 Å². The third kappa shape index (κ3) is 5.26. The van der Waals surface area contributed by atoms with Crippen LogP contribution in [0.5, 0.6) is 0 Å². The van der Waals surface area contributed by atoms with Crippen molar-refractivity contribution in [3.8, 4) is 0 Å². The standard InChI is InChI=1S/C3H5ITe/c1-3(2)5-4/h1H2,2H3. The molecule has 0 aromatic carbocycles. The molecule has 0 nitrogen and oxygen atoms in total. The predicted molar refractivity (Wildman–Crippen MR) is 34.6 cm³/mol. The Bertz CT molecular complexity index is 42.2. The van der Waals surface area contributed by atoms with Crippen LogP contribution in [0.2, 0.25) is 0 Å². The molecule has 0 aliphatic heterocycles. The summed E-state index contributed by atoms with van der Waals surface area (Å²) >= 11 is 2.59. The van der Waals surface area contributed by atoms with Gasteiger partial charge in [-0.3, -0.25) is 0 Å². The molecule has 0 bridgehead atoms. The summed E-state index contributed by atoms with van der Waals surface area (Å²) in [6, 6.07) is 0. The predicted octanol–water partition coefficient (Wildman–Crippen LogP) is 1.57. The molecular weight excluding hydrogens is 291 g/mol. The molecule has 0 unspecified atom stereocenters. The fraction of sp³-hybridized carbons (Fsp3) is 0.333. The minimum absolute atomic E-state index is 0.186. The normalized spacial score (nSPS) is 7.60. The van der Waals surface area contributed by atoms with Crippen molar-refractivity contribution in [3.63, 3.8) is 0 Å². The Labute approximate surface area is 52.3 Å². The maximum atomic E-state index is 3.72. The van der Waals surface area contributed by atoms with Crippen molar-refractivity contribution in [1.82, 2.24) is 0 Å². The Kier molecular flexibility index (Phi) is 4.32. The summed E-state index contributed by atoms with van der Waals surface area (Å²) in [5, 5.41) is 0. The number of hydrogen-bond acceptors (Lipinski definition) is 0. The molecule has 0 aromatic heterocycles. The Morgan fingerprint density at radius 1 is 2.00 bits per heavy atom. The maximum absolute atomic E-state index is 3.72. The molecule has 0 aliphatic rings. The average molecular weight is 296 g/mol. The summed E-state index contributed by atoms with van der Waals surface area (Å²) in [5.74, 6) is 0. The van der Waals surface area contributed by atoms with Gasteiger partial charge in [-0.1, -0.05) is 0 Å². The van der Waals surface area contributed by atoms with Crippen LogP contribution in [0.1, 0.15) is 6.92 Å². The molecule has 0 heterocycles. The van der Waals surface area contributed by atoms with Crippen LogP contribution >= 0.6 is 18.7 Å². The summed E-state index contributed by atoms with van der Waals surface area (Å²) in [7, 11) is 0. The van der Waals surface area contributed by atoms with E-state index in [1.54, 1.807) is 0 Å². The van der Waals surface area contributed by atoms with E-state index in [0.29, 0.717) is 0 Å². The number of allylic oxidation sites excluding steroid dienone is 1. The average Bonchev–Trinajstić information content (AvgIpc) is 1.38. The molecule has 0 saturated heterocycles. The third-order valence-electron chi connectivity index (χ3n) is 0.132. The first-order valence-electron chi connectivity index (χ1n) is 1.21. The van der Waals surface area contributed by atoms with E-state index in [1.807, 2.05) is 0 Å². The first kappa shape index (κ1) is 6.26. The summed E-state index contributed by atoms with van der Waals surface area (Å²) in [6.45, 7) is 5.80. The van der Waals surface area contributed by atoms with E-state index in [2.05, 4.69) is 32.2 Å². The topological polar surface area (TPSA) is 0 Å². The van der Waals surface area contributed by atoms with Crippen molar-refractivity contribution >= 4 is 35.7 Å². The second kappa shape index (κ2) is 3.45. The van der Waals surface area contributed by atoms with Gasteiger partial charge in [0.2, 0.25) is 0 Å². The van der Waals surface area contributed by atoms with E-state index in [-0.39, 0.29) is 17.0 Å². The summed E-state index contributed by atoms with van der Waals surface area (Å²) in [4.78, 5) is 0. The molecule has 0 N–H and O–H groups in total. The second-order valence-corrected chi connectivity index (χ2v) is 6.16. The molecule has 0 amide bonds. The molecule has 0 atom stereocenters. The zero-order valence-electron chi connectivity index (χ0n) is 2.99. The van der Waals surface area contributed by atoms with Crippen molar-refractivity contribution in [3.05, 3.63) is 10.2 Å². The van der Waals surface area contributed by atoms with Crippen molar-refractivity contribution in [2.75, 3.05) is 0 Å². The number of halogens is 1. The van der Waals surface area contributed by atoms with Gasteiger partial charge in [-0.2, -0.15) is 0 Å². The van der Waals surface area contributed by atoms with Gasteiger partial charge in [-0.05, 0) is 0 Å². The van der Waals surface area contributed by atoms with Gasteiger partial charge in [0, 0.05) is 0 Å². The Balaban J connectivity index is 2.85. The SMILES string of the molecule is C=C(C)[Te]I. The molecule has 30 valence electrons. The second-order valence-electron chi connectivity index (χ2n) is 0.779. The van der Waals surface area contributed by atoms with Crippen molar-refractivity contribution in [2.45, 2.75) is 6.92 Å². The monoisotopic (exact) mass is 298 g/mol. The van der Waals surface area contributed by atoms with Gasteiger partial charge in [0.1, 0.15) is 0 Å². The van der Waals surface area contributed by atoms with E-state index in [9.17, 15) is 0 Å². The van der Waals surface area contributed by atoms with E-state index in [1.165, 1.54) is 3.62 Å². The van der Waals surface area contributed by atoms with Gasteiger partial charge >= 0.3 is 52.8 Å². The first-order valence-corrected chi connectivity index (χ1v) is 9.17. The summed E-state index contributed by atoms with van der Waals surface area (Å²) < 4.78 is 1.37. The Morgan fingerprint density at radius 3 is 2.20 bits per heavy atom. The molecule has 0 fully saturated rings. The zero-order valence-corrected chi connectivity index (χ0v) is 7.48. The Hall–Kier alpha value is 1.26. The van der Waals surface area contributed by atoms with E-state index >= 15 is 0 Å². The molecular formula is C3H5ITe. The first-order chi connectivity index (χ1) is 2.27. The van der Waals surface area contributed by atoms with E-state index < -0.39 is 0 Å². The van der Waals surface area contributed by atoms with Gasteiger partial charge in [0.25, 0.3) is 0 Å². The van der Waals surface area contributed by atoms with Crippen molar-refractivity contribution in [1.29, 1.82) is 0 Å². The molecule has 0 saturated carbocycles. The summed E-state index contributed by atoms with van der Waals surface area (Å²) in [6.07, 6.45) is 0. The molecule has 5 heavy (non-hydrogen) atoms. The van der Waals surface area contributed by atoms with Crippen LogP contribution < -0.4 is 0 Å².